The number of nitrogen functional groups attached to an aromatic ring is 1. The van der Waals surface area contributed by atoms with Crippen LogP contribution >= 0.6 is 15.9 Å². The molecule has 0 unspecified atom stereocenters. The fourth-order valence-electron chi connectivity index (χ4n) is 2.02. The van der Waals surface area contributed by atoms with Crippen LogP contribution in [0, 0.1) is 0 Å². The maximum absolute atomic E-state index is 12.1. The maximum Gasteiger partial charge on any atom is 0.276 e. The zero-order valence-electron chi connectivity index (χ0n) is 10.4. The van der Waals surface area contributed by atoms with Crippen LogP contribution in [0.1, 0.15) is 19.3 Å². The molecule has 0 bridgehead atoms. The van der Waals surface area contributed by atoms with E-state index in [9.17, 15) is 4.79 Å². The van der Waals surface area contributed by atoms with Gasteiger partial charge in [0.15, 0.2) is 0 Å². The second-order valence-electron chi connectivity index (χ2n) is 4.34. The van der Waals surface area contributed by atoms with E-state index in [0.717, 1.165) is 31.1 Å². The number of aromatic nitrogens is 3. The number of pyridine rings is 1. The first-order valence-electron chi connectivity index (χ1n) is 6.02. The molecule has 0 aromatic carbocycles. The molecule has 0 saturated carbocycles. The van der Waals surface area contributed by atoms with Crippen LogP contribution in [0.5, 0.6) is 0 Å². The minimum Gasteiger partial charge on any atom is -0.369 e. The molecule has 18 heavy (non-hydrogen) atoms. The van der Waals surface area contributed by atoms with Gasteiger partial charge in [-0.2, -0.15) is 0 Å². The number of nitrogens with zero attached hydrogens (tertiary/aromatic N) is 3. The molecular formula is C12H17BrN4O. The van der Waals surface area contributed by atoms with Gasteiger partial charge in [0.2, 0.25) is 5.95 Å². The Hall–Kier alpha value is -1.30. The van der Waals surface area contributed by atoms with E-state index in [4.69, 9.17) is 5.73 Å². The summed E-state index contributed by atoms with van der Waals surface area (Å²) in [6.07, 6.45) is 4.95. The van der Waals surface area contributed by atoms with Crippen LogP contribution in [-0.2, 0) is 13.6 Å². The molecular weight excluding hydrogens is 296 g/mol. The maximum atomic E-state index is 12.1. The monoisotopic (exact) mass is 312 g/mol. The van der Waals surface area contributed by atoms with E-state index in [1.165, 1.54) is 0 Å². The van der Waals surface area contributed by atoms with E-state index in [0.29, 0.717) is 17.0 Å². The van der Waals surface area contributed by atoms with E-state index >= 15 is 0 Å². The normalized spacial score (nSPS) is 11.2. The molecule has 0 aliphatic heterocycles. The second kappa shape index (κ2) is 5.56. The number of anilines is 1. The molecule has 0 atom stereocenters. The lowest BCUT2D eigenvalue weighted by Crippen LogP contribution is -2.19. The van der Waals surface area contributed by atoms with Gasteiger partial charge in [-0.25, -0.2) is 4.98 Å². The molecule has 5 nitrogen and oxygen atoms in total. The van der Waals surface area contributed by atoms with Crippen LogP contribution in [0.15, 0.2) is 17.1 Å². The Labute approximate surface area is 114 Å². The summed E-state index contributed by atoms with van der Waals surface area (Å²) in [5.74, 6) is 0.423. The summed E-state index contributed by atoms with van der Waals surface area (Å²) < 4.78 is 3.38. The second-order valence-corrected chi connectivity index (χ2v) is 5.13. The van der Waals surface area contributed by atoms with Crippen LogP contribution in [0.2, 0.25) is 0 Å². The minimum atomic E-state index is -0.0443. The van der Waals surface area contributed by atoms with Crippen molar-refractivity contribution in [2.75, 3.05) is 11.1 Å². The minimum absolute atomic E-state index is 0.0443. The molecule has 0 radical (unpaired) electrons. The van der Waals surface area contributed by atoms with Crippen LogP contribution in [-0.4, -0.2) is 19.4 Å². The molecule has 0 saturated heterocycles. The summed E-state index contributed by atoms with van der Waals surface area (Å²) in [6, 6.07) is 1.82. The standard InChI is InChI=1S/C12H17BrN4O/c1-16-8-5-9-10(11(16)18)17(12(14)15-9)7-4-2-3-6-13/h5,8H,2-4,6-7H2,1H3,(H2,14,15). The van der Waals surface area contributed by atoms with Gasteiger partial charge in [0.05, 0.1) is 5.52 Å². The molecule has 0 amide bonds. The third-order valence-electron chi connectivity index (χ3n) is 3.02. The molecule has 2 heterocycles. The van der Waals surface area contributed by atoms with Crippen LogP contribution < -0.4 is 11.3 Å². The molecule has 2 aromatic rings. The van der Waals surface area contributed by atoms with Crippen molar-refractivity contribution >= 4 is 32.9 Å². The number of hydrogen-bond donors (Lipinski definition) is 1. The van der Waals surface area contributed by atoms with Crippen molar-refractivity contribution in [3.05, 3.63) is 22.6 Å². The fraction of sp³-hybridized carbons (Fsp3) is 0.500. The number of imidazole rings is 1. The number of unbranched alkanes of at least 4 members (excludes halogenated alkanes) is 2. The van der Waals surface area contributed by atoms with Crippen molar-refractivity contribution in [3.63, 3.8) is 0 Å². The van der Waals surface area contributed by atoms with Crippen molar-refractivity contribution < 1.29 is 0 Å². The zero-order chi connectivity index (χ0) is 13.1. The number of hydrogen-bond acceptors (Lipinski definition) is 3. The van der Waals surface area contributed by atoms with Gasteiger partial charge in [-0.05, 0) is 18.9 Å². The Balaban J connectivity index is 2.34. The highest BCUT2D eigenvalue weighted by Gasteiger charge is 2.11. The average Bonchev–Trinajstić information content (AvgIpc) is 2.67. The van der Waals surface area contributed by atoms with Crippen molar-refractivity contribution in [1.29, 1.82) is 0 Å². The lowest BCUT2D eigenvalue weighted by atomic mass is 10.2. The van der Waals surface area contributed by atoms with Crippen LogP contribution in [0.3, 0.4) is 0 Å². The fourth-order valence-corrected chi connectivity index (χ4v) is 2.41. The predicted octanol–water partition coefficient (Wildman–Crippen LogP) is 1.88. The van der Waals surface area contributed by atoms with Crippen LogP contribution in [0.4, 0.5) is 5.95 Å². The van der Waals surface area contributed by atoms with Gasteiger partial charge in [-0.3, -0.25) is 4.79 Å². The zero-order valence-corrected chi connectivity index (χ0v) is 12.0. The summed E-state index contributed by atoms with van der Waals surface area (Å²) in [7, 11) is 1.74. The van der Waals surface area contributed by atoms with E-state index in [1.807, 2.05) is 10.6 Å². The summed E-state index contributed by atoms with van der Waals surface area (Å²) in [6.45, 7) is 0.745. The largest absolute Gasteiger partial charge is 0.369 e. The Morgan fingerprint density at radius 2 is 2.17 bits per heavy atom. The molecule has 2 aromatic heterocycles. The van der Waals surface area contributed by atoms with Gasteiger partial charge >= 0.3 is 0 Å². The van der Waals surface area contributed by atoms with Crippen LogP contribution in [0.25, 0.3) is 11.0 Å². The summed E-state index contributed by atoms with van der Waals surface area (Å²) in [5, 5.41) is 1.01. The topological polar surface area (TPSA) is 65.8 Å². The first-order valence-corrected chi connectivity index (χ1v) is 7.14. The van der Waals surface area contributed by atoms with E-state index in [2.05, 4.69) is 20.9 Å². The molecule has 0 spiro atoms. The first-order chi connectivity index (χ1) is 8.65. The molecule has 6 heteroatoms. The van der Waals surface area contributed by atoms with E-state index in [-0.39, 0.29) is 5.56 Å². The first kappa shape index (κ1) is 13.1. The number of halogens is 1. The number of rotatable bonds is 5. The molecule has 2 rings (SSSR count). The lowest BCUT2D eigenvalue weighted by molar-refractivity contribution is 0.619. The van der Waals surface area contributed by atoms with Gasteiger partial charge in [0.25, 0.3) is 5.56 Å². The highest BCUT2D eigenvalue weighted by Crippen LogP contribution is 2.15. The Bertz CT molecular complexity index is 602. The summed E-state index contributed by atoms with van der Waals surface area (Å²) in [5.41, 5.74) is 7.12. The molecule has 0 aliphatic rings. The summed E-state index contributed by atoms with van der Waals surface area (Å²) >= 11 is 3.41. The number of alkyl halides is 1. The molecule has 0 aliphatic carbocycles. The molecule has 0 fully saturated rings. The number of fused-ring (bicyclic) bond motifs is 1. The SMILES string of the molecule is Cn1ccc2nc(N)n(CCCCCBr)c2c1=O. The van der Waals surface area contributed by atoms with Crippen molar-refractivity contribution in [1.82, 2.24) is 14.1 Å². The van der Waals surface area contributed by atoms with E-state index < -0.39 is 0 Å². The van der Waals surface area contributed by atoms with Gasteiger partial charge < -0.3 is 14.9 Å². The highest BCUT2D eigenvalue weighted by atomic mass is 79.9. The average molecular weight is 313 g/mol. The Morgan fingerprint density at radius 1 is 1.39 bits per heavy atom. The van der Waals surface area contributed by atoms with Gasteiger partial charge in [-0.1, -0.05) is 22.4 Å². The third kappa shape index (κ3) is 2.43. The quantitative estimate of drug-likeness (QED) is 0.677. The Morgan fingerprint density at radius 3 is 2.89 bits per heavy atom. The Kier molecular flexibility index (Phi) is 4.06. The van der Waals surface area contributed by atoms with Gasteiger partial charge in [-0.15, -0.1) is 0 Å². The molecule has 2 N–H and O–H groups in total. The number of aryl methyl sites for hydroxylation is 2. The van der Waals surface area contributed by atoms with E-state index in [1.54, 1.807) is 17.8 Å². The van der Waals surface area contributed by atoms with Crippen molar-refractivity contribution in [2.45, 2.75) is 25.8 Å². The van der Waals surface area contributed by atoms with Gasteiger partial charge in [0.1, 0.15) is 5.52 Å². The molecule has 98 valence electrons. The highest BCUT2D eigenvalue weighted by molar-refractivity contribution is 9.09. The lowest BCUT2D eigenvalue weighted by Gasteiger charge is -2.06. The summed E-state index contributed by atoms with van der Waals surface area (Å²) in [4.78, 5) is 16.3. The predicted molar refractivity (Wildman–Crippen MR) is 77.0 cm³/mol. The van der Waals surface area contributed by atoms with Crippen molar-refractivity contribution in [2.24, 2.45) is 7.05 Å². The van der Waals surface area contributed by atoms with Crippen molar-refractivity contribution in [3.8, 4) is 0 Å². The smallest absolute Gasteiger partial charge is 0.276 e. The van der Waals surface area contributed by atoms with Gasteiger partial charge in [0, 0.05) is 25.1 Å². The number of nitrogens with two attached hydrogens (primary N) is 1. The third-order valence-corrected chi connectivity index (χ3v) is 3.58.